The van der Waals surface area contributed by atoms with Gasteiger partial charge in [-0.2, -0.15) is 5.10 Å². The maximum absolute atomic E-state index is 5.56. The Balaban J connectivity index is 2.46. The highest BCUT2D eigenvalue weighted by molar-refractivity contribution is 9.11. The quantitative estimate of drug-likeness (QED) is 0.911. The summed E-state index contributed by atoms with van der Waals surface area (Å²) in [6.07, 6.45) is 0.815. The van der Waals surface area contributed by atoms with E-state index in [4.69, 9.17) is 5.73 Å². The SMILES string of the molecule is Cc1[nH]nc(CCN)c1-c1ccc(Br)s1. The van der Waals surface area contributed by atoms with E-state index in [1.165, 1.54) is 10.4 Å². The molecule has 2 rings (SSSR count). The van der Waals surface area contributed by atoms with Crippen LogP contribution in [0.2, 0.25) is 0 Å². The molecule has 2 aromatic heterocycles. The summed E-state index contributed by atoms with van der Waals surface area (Å²) < 4.78 is 1.14. The van der Waals surface area contributed by atoms with Crippen LogP contribution in [-0.4, -0.2) is 16.7 Å². The van der Waals surface area contributed by atoms with Crippen LogP contribution in [0.3, 0.4) is 0 Å². The van der Waals surface area contributed by atoms with Gasteiger partial charge >= 0.3 is 0 Å². The van der Waals surface area contributed by atoms with Crippen molar-refractivity contribution in [2.45, 2.75) is 13.3 Å². The number of H-pyrrole nitrogens is 1. The molecule has 3 nitrogen and oxygen atoms in total. The van der Waals surface area contributed by atoms with Gasteiger partial charge in [0.15, 0.2) is 0 Å². The third-order valence-electron chi connectivity index (χ3n) is 2.22. The van der Waals surface area contributed by atoms with E-state index in [0.717, 1.165) is 21.6 Å². The van der Waals surface area contributed by atoms with E-state index in [0.29, 0.717) is 6.54 Å². The number of aryl methyl sites for hydroxylation is 1. The summed E-state index contributed by atoms with van der Waals surface area (Å²) in [5.74, 6) is 0. The molecule has 5 heteroatoms. The molecule has 2 heterocycles. The number of aromatic nitrogens is 2. The van der Waals surface area contributed by atoms with E-state index >= 15 is 0 Å². The Bertz CT molecular complexity index is 461. The summed E-state index contributed by atoms with van der Waals surface area (Å²) in [5.41, 5.74) is 8.93. The van der Waals surface area contributed by atoms with Gasteiger partial charge < -0.3 is 5.73 Å². The Kier molecular flexibility index (Phi) is 3.23. The van der Waals surface area contributed by atoms with Gasteiger partial charge in [0.2, 0.25) is 0 Å². The average molecular weight is 286 g/mol. The van der Waals surface area contributed by atoms with Crippen molar-refractivity contribution < 1.29 is 0 Å². The summed E-state index contributed by atoms with van der Waals surface area (Å²) in [5, 5.41) is 7.29. The molecule has 0 spiro atoms. The van der Waals surface area contributed by atoms with Crippen LogP contribution >= 0.6 is 27.3 Å². The van der Waals surface area contributed by atoms with Gasteiger partial charge in [-0.05, 0) is 41.5 Å². The maximum atomic E-state index is 5.56. The Morgan fingerprint density at radius 2 is 2.33 bits per heavy atom. The molecule has 80 valence electrons. The van der Waals surface area contributed by atoms with Gasteiger partial charge in [0.1, 0.15) is 0 Å². The largest absolute Gasteiger partial charge is 0.330 e. The van der Waals surface area contributed by atoms with Crippen molar-refractivity contribution in [3.8, 4) is 10.4 Å². The molecular formula is C10H12BrN3S. The van der Waals surface area contributed by atoms with Crippen LogP contribution in [0.25, 0.3) is 10.4 Å². The van der Waals surface area contributed by atoms with Crippen LogP contribution in [0.15, 0.2) is 15.9 Å². The van der Waals surface area contributed by atoms with Crippen molar-refractivity contribution >= 4 is 27.3 Å². The first kappa shape index (κ1) is 10.9. The van der Waals surface area contributed by atoms with Crippen molar-refractivity contribution in [2.75, 3.05) is 6.54 Å². The summed E-state index contributed by atoms with van der Waals surface area (Å²) >= 11 is 5.18. The molecule has 0 aromatic carbocycles. The summed E-state index contributed by atoms with van der Waals surface area (Å²) in [4.78, 5) is 1.23. The number of nitrogens with zero attached hydrogens (tertiary/aromatic N) is 1. The lowest BCUT2D eigenvalue weighted by Gasteiger charge is -1.99. The van der Waals surface area contributed by atoms with Gasteiger partial charge in [0, 0.05) is 22.6 Å². The molecule has 3 N–H and O–H groups in total. The second kappa shape index (κ2) is 4.47. The molecule has 0 aliphatic rings. The minimum Gasteiger partial charge on any atom is -0.330 e. The van der Waals surface area contributed by atoms with Crippen molar-refractivity contribution in [3.63, 3.8) is 0 Å². The number of thiophene rings is 1. The van der Waals surface area contributed by atoms with Crippen LogP contribution in [-0.2, 0) is 6.42 Å². The molecule has 0 aliphatic carbocycles. The third-order valence-corrected chi connectivity index (χ3v) is 3.86. The van der Waals surface area contributed by atoms with E-state index in [2.05, 4.69) is 38.3 Å². The van der Waals surface area contributed by atoms with Gasteiger partial charge in [-0.3, -0.25) is 5.10 Å². The zero-order valence-corrected chi connectivity index (χ0v) is 10.8. The molecule has 0 aliphatic heterocycles. The van der Waals surface area contributed by atoms with Crippen LogP contribution < -0.4 is 5.73 Å². The topological polar surface area (TPSA) is 54.7 Å². The molecule has 0 fully saturated rings. The fraction of sp³-hybridized carbons (Fsp3) is 0.300. The van der Waals surface area contributed by atoms with Gasteiger partial charge in [-0.25, -0.2) is 0 Å². The minimum atomic E-state index is 0.629. The summed E-state index contributed by atoms with van der Waals surface area (Å²) in [6.45, 7) is 2.67. The van der Waals surface area contributed by atoms with Crippen molar-refractivity contribution in [1.29, 1.82) is 0 Å². The number of nitrogens with one attached hydrogen (secondary N) is 1. The van der Waals surface area contributed by atoms with Gasteiger partial charge in [-0.15, -0.1) is 11.3 Å². The van der Waals surface area contributed by atoms with Crippen molar-refractivity contribution in [2.24, 2.45) is 5.73 Å². The summed E-state index contributed by atoms with van der Waals surface area (Å²) in [6, 6.07) is 4.16. The lowest BCUT2D eigenvalue weighted by molar-refractivity contribution is 0.899. The molecule has 15 heavy (non-hydrogen) atoms. The molecule has 0 amide bonds. The average Bonchev–Trinajstić information content (AvgIpc) is 2.74. The normalized spacial score (nSPS) is 10.9. The predicted molar refractivity (Wildman–Crippen MR) is 67.1 cm³/mol. The molecule has 0 saturated carbocycles. The number of rotatable bonds is 3. The highest BCUT2D eigenvalue weighted by Gasteiger charge is 2.13. The van der Waals surface area contributed by atoms with Crippen LogP contribution in [0, 0.1) is 6.92 Å². The number of hydrogen-bond donors (Lipinski definition) is 2. The van der Waals surface area contributed by atoms with Crippen LogP contribution in [0.4, 0.5) is 0 Å². The second-order valence-electron chi connectivity index (χ2n) is 3.31. The Morgan fingerprint density at radius 3 is 2.93 bits per heavy atom. The van der Waals surface area contributed by atoms with Gasteiger partial charge in [0.05, 0.1) is 9.48 Å². The Hall–Kier alpha value is -0.650. The molecular weight excluding hydrogens is 274 g/mol. The van der Waals surface area contributed by atoms with Crippen molar-refractivity contribution in [3.05, 3.63) is 27.3 Å². The number of nitrogens with two attached hydrogens (primary N) is 1. The molecule has 0 unspecified atom stereocenters. The molecule has 0 atom stereocenters. The monoisotopic (exact) mass is 285 g/mol. The third kappa shape index (κ3) is 2.14. The first-order valence-corrected chi connectivity index (χ1v) is 6.33. The fourth-order valence-corrected chi connectivity index (χ4v) is 3.08. The Morgan fingerprint density at radius 1 is 1.53 bits per heavy atom. The highest BCUT2D eigenvalue weighted by Crippen LogP contribution is 2.34. The number of halogens is 1. The molecule has 0 bridgehead atoms. The van der Waals surface area contributed by atoms with Crippen LogP contribution in [0.1, 0.15) is 11.4 Å². The van der Waals surface area contributed by atoms with E-state index in [1.807, 2.05) is 6.92 Å². The van der Waals surface area contributed by atoms with E-state index in [-0.39, 0.29) is 0 Å². The molecule has 0 radical (unpaired) electrons. The maximum Gasteiger partial charge on any atom is 0.0724 e. The Labute approximate surface area is 101 Å². The standard InChI is InChI=1S/C10H12BrN3S/c1-6-10(7(4-5-12)14-13-6)8-2-3-9(11)15-8/h2-3H,4-5,12H2,1H3,(H,13,14). The van der Waals surface area contributed by atoms with E-state index in [1.54, 1.807) is 11.3 Å². The first-order valence-electron chi connectivity index (χ1n) is 4.72. The van der Waals surface area contributed by atoms with Crippen LogP contribution in [0.5, 0.6) is 0 Å². The summed E-state index contributed by atoms with van der Waals surface area (Å²) in [7, 11) is 0. The highest BCUT2D eigenvalue weighted by atomic mass is 79.9. The molecule has 2 aromatic rings. The smallest absolute Gasteiger partial charge is 0.0724 e. The molecule has 0 saturated heterocycles. The van der Waals surface area contributed by atoms with Crippen molar-refractivity contribution in [1.82, 2.24) is 10.2 Å². The lowest BCUT2D eigenvalue weighted by atomic mass is 10.1. The fourth-order valence-electron chi connectivity index (χ4n) is 1.57. The number of aromatic amines is 1. The first-order chi connectivity index (χ1) is 7.22. The van der Waals surface area contributed by atoms with E-state index in [9.17, 15) is 0 Å². The van der Waals surface area contributed by atoms with Gasteiger partial charge in [-0.1, -0.05) is 0 Å². The lowest BCUT2D eigenvalue weighted by Crippen LogP contribution is -2.03. The van der Waals surface area contributed by atoms with Gasteiger partial charge in [0.25, 0.3) is 0 Å². The van der Waals surface area contributed by atoms with E-state index < -0.39 is 0 Å². The zero-order chi connectivity index (χ0) is 10.8. The second-order valence-corrected chi connectivity index (χ2v) is 5.78. The predicted octanol–water partition coefficient (Wildman–Crippen LogP) is 2.71. The zero-order valence-electron chi connectivity index (χ0n) is 8.38. The minimum absolute atomic E-state index is 0.629. The number of hydrogen-bond acceptors (Lipinski definition) is 3.